The smallest absolute Gasteiger partial charge is 0.262 e. The minimum Gasteiger partial charge on any atom is -0.484 e. The molecule has 1 heterocycles. The van der Waals surface area contributed by atoms with Crippen LogP contribution in [-0.2, 0) is 19.6 Å². The first kappa shape index (κ1) is 21.9. The molecule has 0 aromatic heterocycles. The third kappa shape index (κ3) is 5.21. The second-order valence-corrected chi connectivity index (χ2v) is 8.49. The molecule has 0 radical (unpaired) electrons. The highest BCUT2D eigenvalue weighted by Gasteiger charge is 2.29. The van der Waals surface area contributed by atoms with Crippen LogP contribution in [0.15, 0.2) is 47.4 Å². The van der Waals surface area contributed by atoms with Crippen LogP contribution in [0.3, 0.4) is 0 Å². The largest absolute Gasteiger partial charge is 0.484 e. The van der Waals surface area contributed by atoms with E-state index < -0.39 is 26.6 Å². The number of hydrogen-bond donors (Lipinski definition) is 1. The van der Waals surface area contributed by atoms with Gasteiger partial charge in [-0.2, -0.15) is 4.31 Å². The van der Waals surface area contributed by atoms with Crippen LogP contribution in [-0.4, -0.2) is 57.3 Å². The van der Waals surface area contributed by atoms with Crippen LogP contribution in [0, 0.1) is 5.82 Å². The number of amides is 1. The van der Waals surface area contributed by atoms with Crippen molar-refractivity contribution in [2.75, 3.05) is 38.2 Å². The molecule has 1 N–H and O–H groups in total. The predicted octanol–water partition coefficient (Wildman–Crippen LogP) is 2.07. The zero-order chi connectivity index (χ0) is 21.7. The summed E-state index contributed by atoms with van der Waals surface area (Å²) in [5.74, 6) is -1.26. The standard InChI is InChI=1S/C20H21FN2O6S/c1-14(24)15-3-2-4-17(11-15)29-13-20(25)22-16-5-6-18(21)19(12-16)30(26,27)23-7-9-28-10-8-23/h2-6,11-12H,7-10,13H2,1H3,(H,22,25). The minimum atomic E-state index is -4.06. The molecule has 30 heavy (non-hydrogen) atoms. The first-order valence-corrected chi connectivity index (χ1v) is 10.6. The fraction of sp³-hybridized carbons (Fsp3) is 0.300. The van der Waals surface area contributed by atoms with E-state index in [4.69, 9.17) is 9.47 Å². The Morgan fingerprint density at radius 2 is 1.90 bits per heavy atom. The van der Waals surface area contributed by atoms with E-state index in [0.717, 1.165) is 16.4 Å². The van der Waals surface area contributed by atoms with Crippen LogP contribution in [0.4, 0.5) is 10.1 Å². The van der Waals surface area contributed by atoms with Crippen molar-refractivity contribution in [2.24, 2.45) is 0 Å². The Balaban J connectivity index is 1.68. The molecule has 1 aliphatic rings. The molecule has 1 aliphatic heterocycles. The zero-order valence-electron chi connectivity index (χ0n) is 16.3. The van der Waals surface area contributed by atoms with Crippen LogP contribution >= 0.6 is 0 Å². The number of rotatable bonds is 7. The molecule has 0 spiro atoms. The molecular weight excluding hydrogens is 415 g/mol. The van der Waals surface area contributed by atoms with Gasteiger partial charge in [0.05, 0.1) is 13.2 Å². The third-order valence-electron chi connectivity index (χ3n) is 4.41. The molecule has 0 unspecified atom stereocenters. The summed E-state index contributed by atoms with van der Waals surface area (Å²) in [6.07, 6.45) is 0. The summed E-state index contributed by atoms with van der Waals surface area (Å²) in [7, 11) is -4.06. The number of ketones is 1. The number of Topliss-reactive ketones (excluding diaryl/α,β-unsaturated/α-hetero) is 1. The van der Waals surface area contributed by atoms with Crippen LogP contribution in [0.5, 0.6) is 5.75 Å². The van der Waals surface area contributed by atoms with E-state index in [1.807, 2.05) is 0 Å². The summed E-state index contributed by atoms with van der Waals surface area (Å²) in [5.41, 5.74) is 0.568. The van der Waals surface area contributed by atoms with E-state index in [9.17, 15) is 22.4 Å². The summed E-state index contributed by atoms with van der Waals surface area (Å²) in [4.78, 5) is 23.1. The Hall–Kier alpha value is -2.82. The number of halogens is 1. The summed E-state index contributed by atoms with van der Waals surface area (Å²) in [6, 6.07) is 9.71. The van der Waals surface area contributed by atoms with Gasteiger partial charge in [-0.1, -0.05) is 12.1 Å². The number of ether oxygens (including phenoxy) is 2. The molecule has 1 saturated heterocycles. The summed E-state index contributed by atoms with van der Waals surface area (Å²) in [6.45, 7) is 1.78. The lowest BCUT2D eigenvalue weighted by molar-refractivity contribution is -0.118. The van der Waals surface area contributed by atoms with Crippen LogP contribution in [0.25, 0.3) is 0 Å². The van der Waals surface area contributed by atoms with Crippen molar-refractivity contribution >= 4 is 27.4 Å². The highest BCUT2D eigenvalue weighted by Crippen LogP contribution is 2.24. The summed E-state index contributed by atoms with van der Waals surface area (Å²) in [5, 5.41) is 2.49. The van der Waals surface area contributed by atoms with Crippen molar-refractivity contribution in [2.45, 2.75) is 11.8 Å². The predicted molar refractivity (Wildman–Crippen MR) is 107 cm³/mol. The number of anilines is 1. The quantitative estimate of drug-likeness (QED) is 0.667. The van der Waals surface area contributed by atoms with Crippen LogP contribution in [0.2, 0.25) is 0 Å². The second-order valence-electron chi connectivity index (χ2n) is 6.58. The molecule has 160 valence electrons. The number of morpholine rings is 1. The molecule has 1 fully saturated rings. The van der Waals surface area contributed by atoms with Gasteiger partial charge >= 0.3 is 0 Å². The van der Waals surface area contributed by atoms with Gasteiger partial charge in [-0.3, -0.25) is 9.59 Å². The number of carbonyl (C=O) groups excluding carboxylic acids is 2. The first-order chi connectivity index (χ1) is 14.3. The number of benzene rings is 2. The van der Waals surface area contributed by atoms with E-state index in [1.54, 1.807) is 18.2 Å². The van der Waals surface area contributed by atoms with Crippen LogP contribution in [0.1, 0.15) is 17.3 Å². The number of carbonyl (C=O) groups is 2. The van der Waals surface area contributed by atoms with Crippen molar-refractivity contribution in [3.8, 4) is 5.75 Å². The Morgan fingerprint density at radius 3 is 2.60 bits per heavy atom. The number of sulfonamides is 1. The van der Waals surface area contributed by atoms with Crippen molar-refractivity contribution in [3.63, 3.8) is 0 Å². The molecule has 3 rings (SSSR count). The fourth-order valence-corrected chi connectivity index (χ4v) is 4.35. The lowest BCUT2D eigenvalue weighted by atomic mass is 10.1. The average Bonchev–Trinajstić information content (AvgIpc) is 2.74. The number of nitrogens with one attached hydrogen (secondary N) is 1. The van der Waals surface area contributed by atoms with E-state index in [2.05, 4.69) is 5.32 Å². The molecule has 2 aromatic carbocycles. The van der Waals surface area contributed by atoms with Crippen molar-refractivity contribution in [1.82, 2.24) is 4.31 Å². The topological polar surface area (TPSA) is 102 Å². The van der Waals surface area contributed by atoms with Gasteiger partial charge in [-0.25, -0.2) is 12.8 Å². The van der Waals surface area contributed by atoms with Gasteiger partial charge in [-0.15, -0.1) is 0 Å². The SMILES string of the molecule is CC(=O)c1cccc(OCC(=O)Nc2ccc(F)c(S(=O)(=O)N3CCOCC3)c2)c1. The zero-order valence-corrected chi connectivity index (χ0v) is 17.1. The van der Waals surface area contributed by atoms with E-state index in [-0.39, 0.29) is 44.4 Å². The normalized spacial score (nSPS) is 14.9. The first-order valence-electron chi connectivity index (χ1n) is 9.18. The van der Waals surface area contributed by atoms with E-state index in [1.165, 1.54) is 19.1 Å². The van der Waals surface area contributed by atoms with Crippen LogP contribution < -0.4 is 10.1 Å². The molecule has 1 amide bonds. The Kier molecular flexibility index (Phi) is 6.80. The molecule has 0 saturated carbocycles. The van der Waals surface area contributed by atoms with Gasteiger partial charge in [-0.05, 0) is 37.3 Å². The van der Waals surface area contributed by atoms with E-state index in [0.29, 0.717) is 11.3 Å². The van der Waals surface area contributed by atoms with Crippen molar-refractivity contribution in [1.29, 1.82) is 0 Å². The molecule has 2 aromatic rings. The number of hydrogen-bond acceptors (Lipinski definition) is 6. The molecular formula is C20H21FN2O6S. The molecule has 10 heteroatoms. The summed E-state index contributed by atoms with van der Waals surface area (Å²) >= 11 is 0. The summed E-state index contributed by atoms with van der Waals surface area (Å²) < 4.78 is 51.3. The highest BCUT2D eigenvalue weighted by atomic mass is 32.2. The fourth-order valence-electron chi connectivity index (χ4n) is 2.86. The van der Waals surface area contributed by atoms with Crippen molar-refractivity contribution < 1.29 is 31.9 Å². The Bertz CT molecular complexity index is 1050. The minimum absolute atomic E-state index is 0.120. The van der Waals surface area contributed by atoms with Crippen molar-refractivity contribution in [3.05, 3.63) is 53.8 Å². The van der Waals surface area contributed by atoms with Gasteiger partial charge in [0.25, 0.3) is 5.91 Å². The third-order valence-corrected chi connectivity index (χ3v) is 6.33. The Labute approximate surface area is 173 Å². The molecule has 8 nitrogen and oxygen atoms in total. The van der Waals surface area contributed by atoms with Gasteiger partial charge in [0.2, 0.25) is 10.0 Å². The maximum atomic E-state index is 14.2. The maximum Gasteiger partial charge on any atom is 0.262 e. The lowest BCUT2D eigenvalue weighted by Gasteiger charge is -2.26. The van der Waals surface area contributed by atoms with Gasteiger partial charge in [0, 0.05) is 24.3 Å². The maximum absolute atomic E-state index is 14.2. The molecule has 0 atom stereocenters. The van der Waals surface area contributed by atoms with Gasteiger partial charge < -0.3 is 14.8 Å². The van der Waals surface area contributed by atoms with Gasteiger partial charge in [0.15, 0.2) is 12.4 Å². The monoisotopic (exact) mass is 436 g/mol. The lowest BCUT2D eigenvalue weighted by Crippen LogP contribution is -2.40. The molecule has 0 aliphatic carbocycles. The van der Waals surface area contributed by atoms with Gasteiger partial charge in [0.1, 0.15) is 16.5 Å². The Morgan fingerprint density at radius 1 is 1.17 bits per heavy atom. The second kappa shape index (κ2) is 9.33. The molecule has 0 bridgehead atoms. The average molecular weight is 436 g/mol. The van der Waals surface area contributed by atoms with E-state index >= 15 is 0 Å². The highest BCUT2D eigenvalue weighted by molar-refractivity contribution is 7.89. The number of nitrogens with zero attached hydrogens (tertiary/aromatic N) is 1.